The Hall–Kier alpha value is -1.46. The van der Waals surface area contributed by atoms with Gasteiger partial charge in [-0.25, -0.2) is 4.39 Å². The number of thioether (sulfide) groups is 1. The summed E-state index contributed by atoms with van der Waals surface area (Å²) in [6, 6.07) is -0.624. The summed E-state index contributed by atoms with van der Waals surface area (Å²) in [5.41, 5.74) is 1.34. The second-order valence-electron chi connectivity index (χ2n) is 6.19. The zero-order valence-corrected chi connectivity index (χ0v) is 15.8. The van der Waals surface area contributed by atoms with E-state index in [-0.39, 0.29) is 22.1 Å². The smallest absolute Gasteiger partial charge is 0.212 e. The summed E-state index contributed by atoms with van der Waals surface area (Å²) in [5.74, 6) is -0.404. The number of fused-ring (bicyclic) bond motifs is 1. The van der Waals surface area contributed by atoms with Crippen LogP contribution in [0.1, 0.15) is 33.1 Å². The number of nitrogens with zero attached hydrogens (tertiary/aromatic N) is 1. The average molecular weight is 363 g/mol. The molecule has 1 saturated carbocycles. The van der Waals surface area contributed by atoms with E-state index in [0.717, 1.165) is 30.9 Å². The normalized spacial score (nSPS) is 25.0. The first-order valence-corrected chi connectivity index (χ1v) is 9.76. The van der Waals surface area contributed by atoms with Crippen molar-refractivity contribution in [3.63, 3.8) is 0 Å². The van der Waals surface area contributed by atoms with Crippen LogP contribution in [0.2, 0.25) is 0 Å². The van der Waals surface area contributed by atoms with Crippen molar-refractivity contribution in [3.8, 4) is 0 Å². The molecule has 1 saturated heterocycles. The number of ketones is 1. The highest BCUT2D eigenvalue weighted by molar-refractivity contribution is 8.15. The summed E-state index contributed by atoms with van der Waals surface area (Å²) < 4.78 is 14.2. The van der Waals surface area contributed by atoms with Gasteiger partial charge in [0.25, 0.3) is 0 Å². The average Bonchev–Trinajstić information content (AvgIpc) is 3.41. The SMILES string of the molecule is C=C/C(F)=C(\C=C)C(C(=O)C1CC1)N1CCC2SC(=O)C=C2C1.CC. The molecule has 1 aliphatic carbocycles. The van der Waals surface area contributed by atoms with Crippen LogP contribution in [0.15, 0.2) is 48.4 Å². The second kappa shape index (κ2) is 8.77. The van der Waals surface area contributed by atoms with Gasteiger partial charge in [0, 0.05) is 29.8 Å². The van der Waals surface area contributed by atoms with E-state index in [9.17, 15) is 14.0 Å². The summed E-state index contributed by atoms with van der Waals surface area (Å²) in [6.45, 7) is 12.4. The first-order valence-electron chi connectivity index (χ1n) is 8.88. The second-order valence-corrected chi connectivity index (χ2v) is 7.40. The topological polar surface area (TPSA) is 37.4 Å². The van der Waals surface area contributed by atoms with Gasteiger partial charge in [-0.05, 0) is 37.0 Å². The van der Waals surface area contributed by atoms with Gasteiger partial charge in [-0.3, -0.25) is 14.5 Å². The number of carbonyl (C=O) groups excluding carboxylic acids is 2. The van der Waals surface area contributed by atoms with Gasteiger partial charge < -0.3 is 0 Å². The van der Waals surface area contributed by atoms with Crippen molar-refractivity contribution >= 4 is 22.7 Å². The zero-order valence-electron chi connectivity index (χ0n) is 15.0. The molecule has 0 aromatic carbocycles. The molecule has 2 unspecified atom stereocenters. The number of piperidine rings is 1. The maximum Gasteiger partial charge on any atom is 0.212 e. The lowest BCUT2D eigenvalue weighted by Crippen LogP contribution is -2.48. The number of rotatable bonds is 6. The van der Waals surface area contributed by atoms with Crippen LogP contribution in [0.25, 0.3) is 0 Å². The molecule has 2 atom stereocenters. The maximum atomic E-state index is 14.2. The predicted octanol–water partition coefficient (Wildman–Crippen LogP) is 4.23. The van der Waals surface area contributed by atoms with Crippen molar-refractivity contribution in [1.29, 1.82) is 0 Å². The van der Waals surface area contributed by atoms with Crippen LogP contribution in [0.5, 0.6) is 0 Å². The van der Waals surface area contributed by atoms with Crippen molar-refractivity contribution in [2.24, 2.45) is 5.92 Å². The lowest BCUT2D eigenvalue weighted by molar-refractivity contribution is -0.124. The molecule has 3 aliphatic rings. The van der Waals surface area contributed by atoms with Crippen LogP contribution in [-0.2, 0) is 9.59 Å². The lowest BCUT2D eigenvalue weighted by atomic mass is 9.93. The minimum Gasteiger partial charge on any atom is -0.297 e. The van der Waals surface area contributed by atoms with E-state index in [1.807, 2.05) is 18.7 Å². The molecule has 25 heavy (non-hydrogen) atoms. The molecule has 0 amide bonds. The molecular weight excluding hydrogens is 337 g/mol. The third-order valence-corrected chi connectivity index (χ3v) is 5.80. The van der Waals surface area contributed by atoms with Gasteiger partial charge in [0.05, 0.1) is 6.04 Å². The van der Waals surface area contributed by atoms with E-state index in [0.29, 0.717) is 18.7 Å². The van der Waals surface area contributed by atoms with Crippen molar-refractivity contribution in [1.82, 2.24) is 4.90 Å². The fourth-order valence-corrected chi connectivity index (χ4v) is 4.30. The molecule has 2 heterocycles. The highest BCUT2D eigenvalue weighted by Crippen LogP contribution is 2.39. The molecule has 2 aliphatic heterocycles. The third kappa shape index (κ3) is 4.39. The van der Waals surface area contributed by atoms with Crippen LogP contribution in [0.4, 0.5) is 4.39 Å². The van der Waals surface area contributed by atoms with Gasteiger partial charge in [0.2, 0.25) is 5.12 Å². The van der Waals surface area contributed by atoms with Gasteiger partial charge in [0.1, 0.15) is 5.83 Å². The Bertz CT molecular complexity index is 634. The van der Waals surface area contributed by atoms with Gasteiger partial charge in [-0.2, -0.15) is 0 Å². The zero-order chi connectivity index (χ0) is 18.6. The summed E-state index contributed by atoms with van der Waals surface area (Å²) in [5, 5.41) is 0.296. The lowest BCUT2D eigenvalue weighted by Gasteiger charge is -2.37. The number of halogens is 1. The number of Topliss-reactive ketones (excluding diaryl/α,β-unsaturated/α-hetero) is 1. The molecule has 2 fully saturated rings. The predicted molar refractivity (Wildman–Crippen MR) is 102 cm³/mol. The van der Waals surface area contributed by atoms with Crippen LogP contribution >= 0.6 is 11.8 Å². The van der Waals surface area contributed by atoms with Crippen LogP contribution < -0.4 is 0 Å². The Kier molecular flexibility index (Phi) is 6.96. The number of allylic oxidation sites excluding steroid dienone is 2. The van der Waals surface area contributed by atoms with E-state index in [1.165, 1.54) is 17.8 Å². The Labute approximate surface area is 153 Å². The molecule has 5 heteroatoms. The first-order chi connectivity index (χ1) is 12.0. The van der Waals surface area contributed by atoms with Crippen molar-refractivity contribution < 1.29 is 14.0 Å². The highest BCUT2D eigenvalue weighted by atomic mass is 32.2. The Morgan fingerprint density at radius 2 is 2.00 bits per heavy atom. The van der Waals surface area contributed by atoms with E-state index in [4.69, 9.17) is 0 Å². The molecule has 0 aromatic rings. The molecular formula is C20H26FNO2S. The standard InChI is InChI=1S/C18H20FNO2S.C2H6/c1-3-13(14(19)4-2)17(18(22)11-5-6-11)20-8-7-15-12(10-20)9-16(21)23-15;1-2/h3-4,9,11,15,17H,1-2,5-8,10H2;1-2H3/b14-13-;. The number of likely N-dealkylation sites (tertiary alicyclic amines) is 1. The third-order valence-electron chi connectivity index (χ3n) is 4.62. The first kappa shape index (κ1) is 19.9. The van der Waals surface area contributed by atoms with Gasteiger partial charge in [-0.1, -0.05) is 44.8 Å². The van der Waals surface area contributed by atoms with E-state index >= 15 is 0 Å². The van der Waals surface area contributed by atoms with Crippen LogP contribution in [0, 0.1) is 5.92 Å². The molecule has 136 valence electrons. The molecule has 0 N–H and O–H groups in total. The Balaban J connectivity index is 0.00000109. The fraction of sp³-hybridized carbons (Fsp3) is 0.500. The quantitative estimate of drug-likeness (QED) is 0.662. The van der Waals surface area contributed by atoms with Gasteiger partial charge in [-0.15, -0.1) is 0 Å². The van der Waals surface area contributed by atoms with E-state index < -0.39 is 11.9 Å². The summed E-state index contributed by atoms with van der Waals surface area (Å²) in [6.07, 6.45) is 6.78. The molecule has 0 radical (unpaired) electrons. The van der Waals surface area contributed by atoms with E-state index in [1.54, 1.807) is 6.08 Å². The monoisotopic (exact) mass is 363 g/mol. The number of carbonyl (C=O) groups is 2. The van der Waals surface area contributed by atoms with Crippen LogP contribution in [0.3, 0.4) is 0 Å². The number of hydrogen-bond acceptors (Lipinski definition) is 4. The summed E-state index contributed by atoms with van der Waals surface area (Å²) in [7, 11) is 0. The largest absolute Gasteiger partial charge is 0.297 e. The Morgan fingerprint density at radius 3 is 2.56 bits per heavy atom. The summed E-state index contributed by atoms with van der Waals surface area (Å²) >= 11 is 1.35. The van der Waals surface area contributed by atoms with Crippen molar-refractivity contribution in [2.75, 3.05) is 13.1 Å². The highest BCUT2D eigenvalue weighted by Gasteiger charge is 2.42. The molecule has 0 bridgehead atoms. The minimum absolute atomic E-state index is 0.0267. The van der Waals surface area contributed by atoms with Crippen molar-refractivity contribution in [2.45, 2.75) is 44.4 Å². The van der Waals surface area contributed by atoms with Gasteiger partial charge in [0.15, 0.2) is 5.78 Å². The Morgan fingerprint density at radius 1 is 1.32 bits per heavy atom. The van der Waals surface area contributed by atoms with E-state index in [2.05, 4.69) is 13.2 Å². The molecule has 0 spiro atoms. The summed E-state index contributed by atoms with van der Waals surface area (Å²) in [4.78, 5) is 26.3. The van der Waals surface area contributed by atoms with Gasteiger partial charge >= 0.3 is 0 Å². The molecule has 0 aromatic heterocycles. The molecule has 3 rings (SSSR count). The fourth-order valence-electron chi connectivity index (χ4n) is 3.28. The molecule has 3 nitrogen and oxygen atoms in total. The van der Waals surface area contributed by atoms with Crippen LogP contribution in [-0.4, -0.2) is 40.2 Å². The number of hydrogen-bond donors (Lipinski definition) is 0. The van der Waals surface area contributed by atoms with Crippen molar-refractivity contribution in [3.05, 3.63) is 48.4 Å². The minimum atomic E-state index is -0.624. The maximum absolute atomic E-state index is 14.2.